The summed E-state index contributed by atoms with van der Waals surface area (Å²) in [7, 11) is -16.5. The molecule has 1 aliphatic heterocycles. The number of hydrogen-bond donors (Lipinski definition) is 12. The van der Waals surface area contributed by atoms with Crippen LogP contribution in [0.3, 0.4) is 0 Å². The van der Waals surface area contributed by atoms with E-state index in [1.54, 1.807) is 0 Å². The van der Waals surface area contributed by atoms with Gasteiger partial charge in [0.2, 0.25) is 16.9 Å². The maximum atomic E-state index is 12.7. The number of phosphoric ester groups is 3. The molecule has 28 nitrogen and oxygen atoms in total. The Morgan fingerprint density at radius 1 is 1.04 bits per heavy atom. The molecule has 0 aliphatic carbocycles. The third kappa shape index (κ3) is 14.0. The summed E-state index contributed by atoms with van der Waals surface area (Å²) in [5.41, 5.74) is 9.49. The summed E-state index contributed by atoms with van der Waals surface area (Å²) in [5, 5.41) is 43.2. The molecule has 2 aromatic rings. The average molecular weight is 899 g/mol. The smallest absolute Gasteiger partial charge is 0.479 e. The van der Waals surface area contributed by atoms with E-state index in [0.29, 0.717) is 11.8 Å². The molecule has 32 heteroatoms. The number of nitrogens with two attached hydrogens (primary N) is 2. The van der Waals surface area contributed by atoms with Crippen LogP contribution in [0.5, 0.6) is 0 Å². The number of aliphatic hydroxyl groups excluding tert-OH is 3. The van der Waals surface area contributed by atoms with Gasteiger partial charge in [-0.15, -0.1) is 0 Å². The number of amides is 2. The summed E-state index contributed by atoms with van der Waals surface area (Å²) in [5.74, 6) is -3.42. The van der Waals surface area contributed by atoms with Crippen molar-refractivity contribution >= 4 is 75.1 Å². The summed E-state index contributed by atoms with van der Waals surface area (Å²) in [6, 6.07) is -1.68. The van der Waals surface area contributed by atoms with E-state index in [0.717, 1.165) is 17.2 Å². The van der Waals surface area contributed by atoms with Crippen molar-refractivity contribution in [1.82, 2.24) is 30.2 Å². The van der Waals surface area contributed by atoms with Gasteiger partial charge in [0.1, 0.15) is 42.3 Å². The molecule has 0 bridgehead atoms. The van der Waals surface area contributed by atoms with Gasteiger partial charge in [0.15, 0.2) is 23.8 Å². The highest BCUT2D eigenvalue weighted by Crippen LogP contribution is 2.61. The fourth-order valence-corrected chi connectivity index (χ4v) is 8.22. The zero-order valence-electron chi connectivity index (χ0n) is 29.6. The van der Waals surface area contributed by atoms with Crippen molar-refractivity contribution in [1.29, 1.82) is 0 Å². The van der Waals surface area contributed by atoms with E-state index in [9.17, 15) is 67.8 Å². The van der Waals surface area contributed by atoms with Gasteiger partial charge in [0.05, 0.1) is 19.5 Å². The van der Waals surface area contributed by atoms with E-state index in [4.69, 9.17) is 30.4 Å². The minimum Gasteiger partial charge on any atom is -0.479 e. The van der Waals surface area contributed by atoms with Crippen LogP contribution in [-0.2, 0) is 55.5 Å². The molecule has 9 unspecified atom stereocenters. The Labute approximate surface area is 325 Å². The minimum atomic E-state index is -5.61. The molecule has 1 fully saturated rings. The Morgan fingerprint density at radius 2 is 1.68 bits per heavy atom. The van der Waals surface area contributed by atoms with Gasteiger partial charge in [-0.05, 0) is 0 Å². The average Bonchev–Trinajstić information content (AvgIpc) is 3.67. The summed E-state index contributed by atoms with van der Waals surface area (Å²) in [6.07, 6.45) is -9.36. The molecule has 0 spiro atoms. The van der Waals surface area contributed by atoms with Crippen LogP contribution in [0.25, 0.3) is 11.2 Å². The van der Waals surface area contributed by atoms with E-state index in [1.165, 1.54) is 13.8 Å². The number of imidazole rings is 1. The third-order valence-corrected chi connectivity index (χ3v) is 11.7. The summed E-state index contributed by atoms with van der Waals surface area (Å²) < 4.78 is 61.9. The topological polar surface area (TPSA) is 447 Å². The lowest BCUT2D eigenvalue weighted by molar-refractivity contribution is -0.149. The highest BCUT2D eigenvalue weighted by Gasteiger charge is 2.50. The predicted octanol–water partition coefficient (Wildman–Crippen LogP) is -3.56. The molecule has 1 saturated heterocycles. The Bertz CT molecular complexity index is 1920. The number of aliphatic hydroxyl groups is 3. The van der Waals surface area contributed by atoms with Gasteiger partial charge in [-0.1, -0.05) is 25.6 Å². The molecule has 3 heterocycles. The maximum Gasteiger partial charge on any atom is 0.481 e. The first-order valence-electron chi connectivity index (χ1n) is 16.0. The second-order valence-corrected chi connectivity index (χ2v) is 17.9. The Hall–Kier alpha value is -3.05. The van der Waals surface area contributed by atoms with Gasteiger partial charge in [-0.25, -0.2) is 33.4 Å². The number of thioether (sulfide) groups is 1. The van der Waals surface area contributed by atoms with E-state index < -0.39 is 108 Å². The SMILES string of the molecule is CC(C)(COP(=O)(O)OP(=O)(O)OCC1OC(n2cnc3c(N)ncnc32)C(O)C1OP(=O)(O)O)C(O)C(=O)NCCC(=O)NCCSC(=O)C(N)C(O)C(=O)O. The van der Waals surface area contributed by atoms with Gasteiger partial charge in [0, 0.05) is 30.7 Å². The lowest BCUT2D eigenvalue weighted by Gasteiger charge is -2.30. The molecule has 14 N–H and O–H groups in total. The van der Waals surface area contributed by atoms with Crippen molar-refractivity contribution in [2.75, 3.05) is 37.8 Å². The van der Waals surface area contributed by atoms with E-state index in [1.807, 2.05) is 0 Å². The first-order valence-corrected chi connectivity index (χ1v) is 21.5. The molecule has 0 saturated carbocycles. The van der Waals surface area contributed by atoms with Crippen LogP contribution < -0.4 is 22.1 Å². The minimum absolute atomic E-state index is 0.0108. The number of hydrogen-bond acceptors (Lipinski definition) is 21. The molecule has 3 rings (SSSR count). The highest BCUT2D eigenvalue weighted by molar-refractivity contribution is 8.13. The lowest BCUT2D eigenvalue weighted by Crippen LogP contribution is -2.46. The van der Waals surface area contributed by atoms with Crippen LogP contribution in [0.2, 0.25) is 0 Å². The Kier molecular flexibility index (Phi) is 16.8. The number of aromatic nitrogens is 4. The van der Waals surface area contributed by atoms with Crippen molar-refractivity contribution in [3.8, 4) is 0 Å². The van der Waals surface area contributed by atoms with Crippen LogP contribution in [-0.4, -0.2) is 151 Å². The van der Waals surface area contributed by atoms with Crippen LogP contribution in [0.4, 0.5) is 5.82 Å². The molecule has 57 heavy (non-hydrogen) atoms. The molecule has 0 aromatic carbocycles. The van der Waals surface area contributed by atoms with Crippen LogP contribution >= 0.6 is 35.2 Å². The number of carbonyl (C=O) groups excluding carboxylic acids is 3. The lowest BCUT2D eigenvalue weighted by atomic mass is 9.87. The first-order chi connectivity index (χ1) is 26.2. The largest absolute Gasteiger partial charge is 0.481 e. The molecule has 9 atom stereocenters. The number of fused-ring (bicyclic) bond motifs is 1. The number of phosphoric acid groups is 3. The molecule has 0 radical (unpaired) electrons. The molecule has 1 aliphatic rings. The van der Waals surface area contributed by atoms with Crippen molar-refractivity contribution < 1.29 is 95.5 Å². The fourth-order valence-electron chi connectivity index (χ4n) is 4.66. The second kappa shape index (κ2) is 19.8. The maximum absolute atomic E-state index is 12.7. The second-order valence-electron chi connectivity index (χ2n) is 12.5. The molecule has 2 aromatic heterocycles. The highest BCUT2D eigenvalue weighted by atomic mass is 32.2. The Morgan fingerprint density at radius 3 is 2.32 bits per heavy atom. The number of anilines is 1. The number of nitrogens with one attached hydrogen (secondary N) is 2. The molecule has 2 amide bonds. The standard InChI is InChI=1S/C25H41N8O20P3S/c1-25(2,18(37)21(38)29-4-3-12(34)28-5-6-57-24(41)13(26)15(35)23(39)40)8-50-56(47,48)53-55(45,46)49-7-11-17(52-54(42,43)44)16(36)22(51-11)33-10-32-14-19(27)30-9-31-20(14)33/h9-11,13,15-18,22,35-37H,3-8,26H2,1-2H3,(H,28,34)(H,29,38)(H,39,40)(H,45,46)(H,47,48)(H2,27,30,31)(H2,42,43,44). The molecule has 322 valence electrons. The summed E-state index contributed by atoms with van der Waals surface area (Å²) in [4.78, 5) is 97.9. The van der Waals surface area contributed by atoms with Gasteiger partial charge in [-0.3, -0.25) is 32.5 Å². The predicted molar refractivity (Wildman–Crippen MR) is 189 cm³/mol. The van der Waals surface area contributed by atoms with Gasteiger partial charge >= 0.3 is 29.4 Å². The number of carbonyl (C=O) groups is 4. The zero-order valence-corrected chi connectivity index (χ0v) is 33.1. The number of nitrogens with zero attached hydrogens (tertiary/aromatic N) is 4. The van der Waals surface area contributed by atoms with Crippen molar-refractivity contribution in [2.45, 2.75) is 63.1 Å². The Balaban J connectivity index is 1.48. The van der Waals surface area contributed by atoms with Crippen LogP contribution in [0.15, 0.2) is 12.7 Å². The number of carboxylic acids is 1. The van der Waals surface area contributed by atoms with E-state index in [2.05, 4.69) is 34.4 Å². The van der Waals surface area contributed by atoms with E-state index in [-0.39, 0.29) is 42.2 Å². The number of rotatable bonds is 22. The number of nitrogen functional groups attached to an aromatic ring is 1. The fraction of sp³-hybridized carbons (Fsp3) is 0.640. The zero-order chi connectivity index (χ0) is 43.1. The van der Waals surface area contributed by atoms with Crippen LogP contribution in [0.1, 0.15) is 26.5 Å². The monoisotopic (exact) mass is 898 g/mol. The van der Waals surface area contributed by atoms with Gasteiger partial charge in [-0.2, -0.15) is 4.31 Å². The quantitative estimate of drug-likeness (QED) is 0.0402. The third-order valence-electron chi connectivity index (χ3n) is 7.61. The van der Waals surface area contributed by atoms with Crippen molar-refractivity contribution in [3.05, 3.63) is 12.7 Å². The summed E-state index contributed by atoms with van der Waals surface area (Å²) >= 11 is 0.576. The number of ether oxygens (including phenoxy) is 1. The van der Waals surface area contributed by atoms with Crippen molar-refractivity contribution in [3.63, 3.8) is 0 Å². The normalized spacial score (nSPS) is 22.6. The van der Waals surface area contributed by atoms with Gasteiger partial charge < -0.3 is 66.8 Å². The molecular formula is C25H41N8O20P3S. The van der Waals surface area contributed by atoms with Crippen LogP contribution in [0, 0.1) is 5.41 Å². The van der Waals surface area contributed by atoms with Gasteiger partial charge in [0.25, 0.3) is 0 Å². The van der Waals surface area contributed by atoms with Crippen molar-refractivity contribution in [2.24, 2.45) is 11.1 Å². The summed E-state index contributed by atoms with van der Waals surface area (Å²) in [6.45, 7) is -0.0827. The molecular weight excluding hydrogens is 857 g/mol. The first kappa shape index (κ1) is 48.3. The number of aliphatic carboxylic acids is 1. The number of carboxylic acid groups (broad SMARTS) is 1. The van der Waals surface area contributed by atoms with E-state index >= 15 is 0 Å².